The van der Waals surface area contributed by atoms with Gasteiger partial charge in [0.05, 0.1) is 12.8 Å². The van der Waals surface area contributed by atoms with Gasteiger partial charge in [-0.1, -0.05) is 6.92 Å². The number of aliphatic hydroxyl groups is 1. The van der Waals surface area contributed by atoms with Gasteiger partial charge in [-0.2, -0.15) is 0 Å². The molecule has 0 spiro atoms. The van der Waals surface area contributed by atoms with Crippen molar-refractivity contribution in [1.82, 2.24) is 4.98 Å². The lowest BCUT2D eigenvalue weighted by Crippen LogP contribution is -2.14. The van der Waals surface area contributed by atoms with Crippen molar-refractivity contribution in [1.29, 1.82) is 0 Å². The van der Waals surface area contributed by atoms with Crippen molar-refractivity contribution >= 4 is 0 Å². The highest BCUT2D eigenvalue weighted by atomic mass is 16.5. The molecule has 72 valence electrons. The Bertz CT molecular complexity index is 222. The van der Waals surface area contributed by atoms with Crippen LogP contribution in [0.3, 0.4) is 0 Å². The van der Waals surface area contributed by atoms with Crippen molar-refractivity contribution in [2.45, 2.75) is 13.3 Å². The van der Waals surface area contributed by atoms with Crippen molar-refractivity contribution in [2.24, 2.45) is 5.92 Å². The molecule has 0 amide bonds. The van der Waals surface area contributed by atoms with Gasteiger partial charge in [0.1, 0.15) is 5.75 Å². The molecule has 0 saturated carbocycles. The van der Waals surface area contributed by atoms with Crippen LogP contribution in [0.15, 0.2) is 24.5 Å². The molecule has 0 fully saturated rings. The molecule has 1 rings (SSSR count). The Morgan fingerprint density at radius 2 is 2.46 bits per heavy atom. The molecule has 1 N–H and O–H groups in total. The van der Waals surface area contributed by atoms with E-state index in [1.165, 1.54) is 0 Å². The lowest BCUT2D eigenvalue weighted by molar-refractivity contribution is 0.159. The lowest BCUT2D eigenvalue weighted by atomic mass is 10.1. The van der Waals surface area contributed by atoms with E-state index in [0.29, 0.717) is 6.61 Å². The fourth-order valence-electron chi connectivity index (χ4n) is 0.946. The van der Waals surface area contributed by atoms with E-state index in [9.17, 15) is 0 Å². The summed E-state index contributed by atoms with van der Waals surface area (Å²) in [5.41, 5.74) is 0. The quantitative estimate of drug-likeness (QED) is 0.748. The third-order valence-corrected chi connectivity index (χ3v) is 1.96. The van der Waals surface area contributed by atoms with E-state index in [1.54, 1.807) is 12.4 Å². The second kappa shape index (κ2) is 5.54. The Kier molecular flexibility index (Phi) is 4.26. The van der Waals surface area contributed by atoms with E-state index in [-0.39, 0.29) is 12.5 Å². The number of pyridine rings is 1. The second-order valence-corrected chi connectivity index (χ2v) is 2.96. The summed E-state index contributed by atoms with van der Waals surface area (Å²) in [5.74, 6) is 0.981. The van der Waals surface area contributed by atoms with E-state index >= 15 is 0 Å². The molecule has 0 saturated heterocycles. The average molecular weight is 181 g/mol. The highest BCUT2D eigenvalue weighted by Gasteiger charge is 2.04. The van der Waals surface area contributed by atoms with Crippen molar-refractivity contribution in [3.05, 3.63) is 24.5 Å². The van der Waals surface area contributed by atoms with E-state index in [0.717, 1.165) is 12.2 Å². The largest absolute Gasteiger partial charge is 0.492 e. The summed E-state index contributed by atoms with van der Waals surface area (Å²) in [6, 6.07) is 3.69. The number of rotatable bonds is 5. The normalized spacial score (nSPS) is 12.5. The van der Waals surface area contributed by atoms with Crippen molar-refractivity contribution < 1.29 is 9.84 Å². The van der Waals surface area contributed by atoms with Crippen LogP contribution >= 0.6 is 0 Å². The molecule has 0 aliphatic rings. The van der Waals surface area contributed by atoms with Crippen LogP contribution in [0.25, 0.3) is 0 Å². The zero-order valence-corrected chi connectivity index (χ0v) is 7.81. The van der Waals surface area contributed by atoms with Gasteiger partial charge in [-0.05, 0) is 18.6 Å². The molecular weight excluding hydrogens is 166 g/mol. The van der Waals surface area contributed by atoms with Gasteiger partial charge in [0.2, 0.25) is 0 Å². The molecule has 1 aromatic rings. The van der Waals surface area contributed by atoms with E-state index in [4.69, 9.17) is 9.84 Å². The van der Waals surface area contributed by atoms with Gasteiger partial charge >= 0.3 is 0 Å². The number of hydrogen-bond acceptors (Lipinski definition) is 3. The fourth-order valence-corrected chi connectivity index (χ4v) is 0.946. The van der Waals surface area contributed by atoms with Crippen LogP contribution in [-0.4, -0.2) is 23.3 Å². The summed E-state index contributed by atoms with van der Waals surface area (Å²) in [5, 5.41) is 8.91. The highest BCUT2D eigenvalue weighted by molar-refractivity contribution is 5.15. The number of hydrogen-bond donors (Lipinski definition) is 1. The third-order valence-electron chi connectivity index (χ3n) is 1.96. The first kappa shape index (κ1) is 9.99. The third kappa shape index (κ3) is 3.42. The molecule has 1 heterocycles. The maximum atomic E-state index is 8.91. The van der Waals surface area contributed by atoms with E-state index in [1.807, 2.05) is 19.1 Å². The van der Waals surface area contributed by atoms with Gasteiger partial charge in [-0.25, -0.2) is 0 Å². The molecule has 0 aliphatic heterocycles. The van der Waals surface area contributed by atoms with Crippen LogP contribution in [-0.2, 0) is 0 Å². The molecule has 3 heteroatoms. The molecule has 1 aromatic heterocycles. The summed E-state index contributed by atoms with van der Waals surface area (Å²) in [7, 11) is 0. The Morgan fingerprint density at radius 1 is 1.62 bits per heavy atom. The molecule has 0 aromatic carbocycles. The van der Waals surface area contributed by atoms with E-state index in [2.05, 4.69) is 4.98 Å². The van der Waals surface area contributed by atoms with Crippen LogP contribution < -0.4 is 4.74 Å². The smallest absolute Gasteiger partial charge is 0.137 e. The zero-order valence-electron chi connectivity index (χ0n) is 7.81. The summed E-state index contributed by atoms with van der Waals surface area (Å²) in [6.45, 7) is 2.77. The van der Waals surface area contributed by atoms with Crippen molar-refractivity contribution in [3.63, 3.8) is 0 Å². The molecule has 0 radical (unpaired) electrons. The van der Waals surface area contributed by atoms with Crippen LogP contribution in [0.5, 0.6) is 5.75 Å². The fraction of sp³-hybridized carbons (Fsp3) is 0.500. The SMILES string of the molecule is CCC(CO)COc1cccnc1. The minimum Gasteiger partial charge on any atom is -0.492 e. The summed E-state index contributed by atoms with van der Waals surface area (Å²) in [4.78, 5) is 3.93. The molecule has 0 aliphatic carbocycles. The zero-order chi connectivity index (χ0) is 9.52. The predicted molar refractivity (Wildman–Crippen MR) is 50.6 cm³/mol. The Balaban J connectivity index is 2.34. The first-order chi connectivity index (χ1) is 6.36. The monoisotopic (exact) mass is 181 g/mol. The minimum absolute atomic E-state index is 0.177. The summed E-state index contributed by atoms with van der Waals surface area (Å²) in [6.07, 6.45) is 4.30. The van der Waals surface area contributed by atoms with Crippen LogP contribution in [0.2, 0.25) is 0 Å². The van der Waals surface area contributed by atoms with Gasteiger partial charge in [0.15, 0.2) is 0 Å². The van der Waals surface area contributed by atoms with Crippen LogP contribution in [0.4, 0.5) is 0 Å². The highest BCUT2D eigenvalue weighted by Crippen LogP contribution is 2.09. The molecular formula is C10H15NO2. The van der Waals surface area contributed by atoms with Gasteiger partial charge in [0.25, 0.3) is 0 Å². The Morgan fingerprint density at radius 3 is 3.00 bits per heavy atom. The first-order valence-electron chi connectivity index (χ1n) is 4.50. The number of aromatic nitrogens is 1. The summed E-state index contributed by atoms with van der Waals surface area (Å²) >= 11 is 0. The molecule has 1 atom stereocenters. The van der Waals surface area contributed by atoms with E-state index < -0.39 is 0 Å². The maximum absolute atomic E-state index is 8.91. The van der Waals surface area contributed by atoms with Gasteiger partial charge in [-0.15, -0.1) is 0 Å². The number of aliphatic hydroxyl groups excluding tert-OH is 1. The van der Waals surface area contributed by atoms with Gasteiger partial charge in [-0.3, -0.25) is 4.98 Å². The standard InChI is InChI=1S/C10H15NO2/c1-2-9(7-12)8-13-10-4-3-5-11-6-10/h3-6,9,12H,2,7-8H2,1H3. The van der Waals surface area contributed by atoms with Crippen molar-refractivity contribution in [2.75, 3.05) is 13.2 Å². The molecule has 13 heavy (non-hydrogen) atoms. The van der Waals surface area contributed by atoms with Gasteiger partial charge < -0.3 is 9.84 Å². The Labute approximate surface area is 78.4 Å². The first-order valence-corrected chi connectivity index (χ1v) is 4.50. The predicted octanol–water partition coefficient (Wildman–Crippen LogP) is 1.48. The number of nitrogens with zero attached hydrogens (tertiary/aromatic N) is 1. The maximum Gasteiger partial charge on any atom is 0.137 e. The second-order valence-electron chi connectivity index (χ2n) is 2.96. The molecule has 3 nitrogen and oxygen atoms in total. The average Bonchev–Trinajstić information content (AvgIpc) is 2.21. The van der Waals surface area contributed by atoms with Crippen molar-refractivity contribution in [3.8, 4) is 5.75 Å². The number of ether oxygens (including phenoxy) is 1. The minimum atomic E-state index is 0.177. The van der Waals surface area contributed by atoms with Crippen LogP contribution in [0.1, 0.15) is 13.3 Å². The topological polar surface area (TPSA) is 42.4 Å². The van der Waals surface area contributed by atoms with Gasteiger partial charge in [0, 0.05) is 18.7 Å². The Hall–Kier alpha value is -1.09. The summed E-state index contributed by atoms with van der Waals surface area (Å²) < 4.78 is 5.43. The molecule has 0 bridgehead atoms. The lowest BCUT2D eigenvalue weighted by Gasteiger charge is -2.12. The van der Waals surface area contributed by atoms with Crippen LogP contribution in [0, 0.1) is 5.92 Å². The molecule has 1 unspecified atom stereocenters.